The molecule has 4 aliphatic heterocycles. The molecular formula is C15H20ClN3. The van der Waals surface area contributed by atoms with Crippen LogP contribution in [0.2, 0.25) is 5.15 Å². The molecule has 5 rings (SSSR count). The van der Waals surface area contributed by atoms with Gasteiger partial charge in [0.15, 0.2) is 0 Å². The van der Waals surface area contributed by atoms with Crippen molar-refractivity contribution in [3.05, 3.63) is 29.0 Å². The Kier molecular flexibility index (Phi) is 2.83. The molecule has 0 aliphatic carbocycles. The van der Waals surface area contributed by atoms with E-state index in [9.17, 15) is 0 Å². The Labute approximate surface area is 119 Å². The minimum absolute atomic E-state index is 0.344. The van der Waals surface area contributed by atoms with Crippen LogP contribution in [-0.4, -0.2) is 41.6 Å². The van der Waals surface area contributed by atoms with Crippen molar-refractivity contribution in [3.63, 3.8) is 0 Å². The maximum Gasteiger partial charge on any atom is 0.129 e. The molecule has 2 atom stereocenters. The maximum atomic E-state index is 5.95. The van der Waals surface area contributed by atoms with Gasteiger partial charge < -0.3 is 5.32 Å². The van der Waals surface area contributed by atoms with Crippen LogP contribution >= 0.6 is 11.6 Å². The first-order valence-corrected chi connectivity index (χ1v) is 7.75. The number of aromatic nitrogens is 1. The van der Waals surface area contributed by atoms with Crippen LogP contribution in [0.15, 0.2) is 18.3 Å². The van der Waals surface area contributed by atoms with E-state index >= 15 is 0 Å². The highest BCUT2D eigenvalue weighted by Gasteiger charge is 2.54. The van der Waals surface area contributed by atoms with Gasteiger partial charge in [-0.15, -0.1) is 0 Å². The van der Waals surface area contributed by atoms with Crippen molar-refractivity contribution in [2.24, 2.45) is 5.92 Å². The van der Waals surface area contributed by atoms with E-state index in [1.54, 1.807) is 0 Å². The van der Waals surface area contributed by atoms with Gasteiger partial charge in [0.1, 0.15) is 5.15 Å². The number of piperidine rings is 3. The molecule has 0 saturated carbocycles. The smallest absolute Gasteiger partial charge is 0.129 e. The van der Waals surface area contributed by atoms with Crippen molar-refractivity contribution in [3.8, 4) is 0 Å². The summed E-state index contributed by atoms with van der Waals surface area (Å²) in [7, 11) is 0. The lowest BCUT2D eigenvalue weighted by molar-refractivity contribution is -0.0404. The Morgan fingerprint density at radius 3 is 2.79 bits per heavy atom. The zero-order valence-corrected chi connectivity index (χ0v) is 11.9. The van der Waals surface area contributed by atoms with Gasteiger partial charge in [-0.05, 0) is 56.4 Å². The Bertz CT molecular complexity index is 459. The molecular weight excluding hydrogens is 258 g/mol. The van der Waals surface area contributed by atoms with E-state index in [1.165, 1.54) is 37.9 Å². The van der Waals surface area contributed by atoms with Gasteiger partial charge in [-0.25, -0.2) is 4.98 Å². The van der Waals surface area contributed by atoms with Crippen LogP contribution in [0.5, 0.6) is 0 Å². The zero-order chi connectivity index (χ0) is 12.9. The van der Waals surface area contributed by atoms with E-state index in [4.69, 9.17) is 11.6 Å². The number of fused-ring (bicyclic) bond motifs is 2. The van der Waals surface area contributed by atoms with E-state index in [-0.39, 0.29) is 0 Å². The molecule has 1 N–H and O–H groups in total. The first-order valence-electron chi connectivity index (χ1n) is 7.37. The topological polar surface area (TPSA) is 28.2 Å². The first kappa shape index (κ1) is 12.1. The molecule has 1 unspecified atom stereocenters. The second-order valence-electron chi connectivity index (χ2n) is 6.25. The molecule has 0 aromatic carbocycles. The fourth-order valence-electron chi connectivity index (χ4n) is 4.70. The summed E-state index contributed by atoms with van der Waals surface area (Å²) in [4.78, 5) is 7.06. The minimum Gasteiger partial charge on any atom is -0.315 e. The average Bonchev–Trinajstić information content (AvgIpc) is 2.91. The third-order valence-electron chi connectivity index (χ3n) is 5.49. The summed E-state index contributed by atoms with van der Waals surface area (Å²) in [5.74, 6) is 1.46. The van der Waals surface area contributed by atoms with Gasteiger partial charge in [-0.2, -0.15) is 0 Å². The molecule has 4 fully saturated rings. The highest BCUT2D eigenvalue weighted by molar-refractivity contribution is 6.29. The van der Waals surface area contributed by atoms with Crippen LogP contribution in [0.1, 0.15) is 30.7 Å². The normalized spacial score (nSPS) is 41.0. The maximum absolute atomic E-state index is 5.95. The third kappa shape index (κ3) is 1.75. The number of nitrogens with zero attached hydrogens (tertiary/aromatic N) is 2. The van der Waals surface area contributed by atoms with Crippen molar-refractivity contribution >= 4 is 11.6 Å². The molecule has 4 saturated heterocycles. The number of halogens is 1. The van der Waals surface area contributed by atoms with Crippen molar-refractivity contribution in [2.45, 2.75) is 30.7 Å². The Hall–Kier alpha value is -0.640. The number of nitrogens with one attached hydrogen (secondary N) is 1. The molecule has 2 bridgehead atoms. The minimum atomic E-state index is 0.344. The summed E-state index contributed by atoms with van der Waals surface area (Å²) >= 11 is 5.95. The van der Waals surface area contributed by atoms with Crippen LogP contribution in [0.25, 0.3) is 0 Å². The molecule has 0 radical (unpaired) electrons. The van der Waals surface area contributed by atoms with E-state index in [1.807, 2.05) is 12.3 Å². The molecule has 1 spiro atoms. The second-order valence-corrected chi connectivity index (χ2v) is 6.63. The van der Waals surface area contributed by atoms with Crippen molar-refractivity contribution < 1.29 is 0 Å². The van der Waals surface area contributed by atoms with Gasteiger partial charge in [0.25, 0.3) is 0 Å². The second kappa shape index (κ2) is 4.44. The predicted molar refractivity (Wildman–Crippen MR) is 76.5 cm³/mol. The van der Waals surface area contributed by atoms with Crippen molar-refractivity contribution in [1.82, 2.24) is 15.2 Å². The van der Waals surface area contributed by atoms with Crippen molar-refractivity contribution in [1.29, 1.82) is 0 Å². The lowest BCUT2D eigenvalue weighted by Crippen LogP contribution is -2.64. The van der Waals surface area contributed by atoms with Crippen molar-refractivity contribution in [2.75, 3.05) is 26.2 Å². The Balaban J connectivity index is 1.77. The highest BCUT2D eigenvalue weighted by Crippen LogP contribution is 2.51. The van der Waals surface area contributed by atoms with Gasteiger partial charge in [-0.1, -0.05) is 17.7 Å². The number of hydrogen-bond acceptors (Lipinski definition) is 3. The fourth-order valence-corrected chi connectivity index (χ4v) is 4.81. The number of rotatable bonds is 1. The summed E-state index contributed by atoms with van der Waals surface area (Å²) in [6.45, 7) is 4.85. The Morgan fingerprint density at radius 1 is 1.32 bits per heavy atom. The van der Waals surface area contributed by atoms with Gasteiger partial charge >= 0.3 is 0 Å². The summed E-state index contributed by atoms with van der Waals surface area (Å²) in [5, 5.41) is 4.19. The quantitative estimate of drug-likeness (QED) is 0.799. The molecule has 5 heterocycles. The van der Waals surface area contributed by atoms with Crippen LogP contribution in [0.4, 0.5) is 0 Å². The van der Waals surface area contributed by atoms with Crippen LogP contribution in [-0.2, 0) is 0 Å². The monoisotopic (exact) mass is 277 g/mol. The average molecular weight is 278 g/mol. The van der Waals surface area contributed by atoms with E-state index in [2.05, 4.69) is 21.3 Å². The highest BCUT2D eigenvalue weighted by atomic mass is 35.5. The molecule has 4 aliphatic rings. The van der Waals surface area contributed by atoms with Crippen LogP contribution in [0, 0.1) is 5.92 Å². The SMILES string of the molecule is Clc1ccc(C2C3CCN(CC3)[C@]23CCNC3)cn1. The molecule has 3 nitrogen and oxygen atoms in total. The zero-order valence-electron chi connectivity index (χ0n) is 11.1. The summed E-state index contributed by atoms with van der Waals surface area (Å²) in [6, 6.07) is 4.15. The number of pyridine rings is 1. The molecule has 19 heavy (non-hydrogen) atoms. The van der Waals surface area contributed by atoms with Gasteiger partial charge in [0.2, 0.25) is 0 Å². The van der Waals surface area contributed by atoms with Gasteiger partial charge in [0.05, 0.1) is 0 Å². The lowest BCUT2D eigenvalue weighted by Gasteiger charge is -2.58. The molecule has 0 amide bonds. The summed E-state index contributed by atoms with van der Waals surface area (Å²) < 4.78 is 0. The summed E-state index contributed by atoms with van der Waals surface area (Å²) in [5.41, 5.74) is 1.74. The molecule has 4 heteroatoms. The van der Waals surface area contributed by atoms with Gasteiger partial charge in [-0.3, -0.25) is 4.90 Å². The van der Waals surface area contributed by atoms with Crippen LogP contribution < -0.4 is 5.32 Å². The van der Waals surface area contributed by atoms with E-state index < -0.39 is 0 Å². The fraction of sp³-hybridized carbons (Fsp3) is 0.667. The molecule has 102 valence electrons. The first-order chi connectivity index (χ1) is 9.29. The number of hydrogen-bond donors (Lipinski definition) is 1. The molecule has 1 aromatic rings. The Morgan fingerprint density at radius 2 is 2.16 bits per heavy atom. The predicted octanol–water partition coefficient (Wildman–Crippen LogP) is 2.28. The largest absolute Gasteiger partial charge is 0.315 e. The summed E-state index contributed by atoms with van der Waals surface area (Å²) in [6.07, 6.45) is 5.97. The van der Waals surface area contributed by atoms with Crippen LogP contribution in [0.3, 0.4) is 0 Å². The standard InChI is InChI=1S/C15H20ClN3/c16-13-2-1-12(9-18-13)14-11-3-7-19(8-4-11)15(14)5-6-17-10-15/h1-2,9,11,14,17H,3-8,10H2/t14?,15-/m0/s1. The van der Waals surface area contributed by atoms with Gasteiger partial charge in [0, 0.05) is 24.2 Å². The lowest BCUT2D eigenvalue weighted by atomic mass is 9.63. The molecule has 1 aromatic heterocycles. The third-order valence-corrected chi connectivity index (χ3v) is 5.72. The van der Waals surface area contributed by atoms with E-state index in [0.717, 1.165) is 19.0 Å². The van der Waals surface area contributed by atoms with E-state index in [0.29, 0.717) is 16.6 Å².